The van der Waals surface area contributed by atoms with E-state index in [1.54, 1.807) is 12.1 Å². The van der Waals surface area contributed by atoms with Crippen LogP contribution in [-0.4, -0.2) is 15.4 Å². The molecule has 0 saturated carbocycles. The Kier molecular flexibility index (Phi) is 3.87. The molecule has 0 bridgehead atoms. The summed E-state index contributed by atoms with van der Waals surface area (Å²) in [7, 11) is 0. The minimum Gasteiger partial charge on any atom is -0.294 e. The molecule has 1 heterocycles. The van der Waals surface area contributed by atoms with Gasteiger partial charge >= 0.3 is 0 Å². The number of imidazole rings is 1. The normalized spacial score (nSPS) is 11.2. The Labute approximate surface area is 132 Å². The Morgan fingerprint density at radius 2 is 2.05 bits per heavy atom. The average Bonchev–Trinajstić information content (AvgIpc) is 2.81. The summed E-state index contributed by atoms with van der Waals surface area (Å²) in [4.78, 5) is 4.58. The Balaban J connectivity index is 2.38. The monoisotopic (exact) mass is 322 g/mol. The first-order chi connectivity index (χ1) is 10.1. The molecule has 0 aliphatic carbocycles. The van der Waals surface area contributed by atoms with Crippen LogP contribution >= 0.6 is 23.2 Å². The second-order valence-corrected chi connectivity index (χ2v) is 5.63. The predicted octanol–water partition coefficient (Wildman–Crippen LogP) is 4.91. The molecule has 5 heteroatoms. The van der Waals surface area contributed by atoms with E-state index in [0.717, 1.165) is 28.1 Å². The molecule has 21 heavy (non-hydrogen) atoms. The number of alkyl halides is 1. The lowest BCUT2D eigenvalue weighted by Gasteiger charge is -2.12. The minimum absolute atomic E-state index is 0.290. The average molecular weight is 323 g/mol. The van der Waals surface area contributed by atoms with Crippen molar-refractivity contribution in [2.75, 3.05) is 5.88 Å². The van der Waals surface area contributed by atoms with Crippen molar-refractivity contribution in [2.45, 2.75) is 13.3 Å². The first-order valence-electron chi connectivity index (χ1n) is 6.60. The van der Waals surface area contributed by atoms with Crippen LogP contribution in [0.3, 0.4) is 0 Å². The fraction of sp³-hybridized carbons (Fsp3) is 0.188. The molecule has 0 N–H and O–H groups in total. The van der Waals surface area contributed by atoms with E-state index in [2.05, 4.69) is 4.98 Å². The molecular formula is C16H13Cl2FN2. The van der Waals surface area contributed by atoms with Crippen molar-refractivity contribution in [3.05, 3.63) is 58.6 Å². The zero-order chi connectivity index (χ0) is 15.0. The smallest absolute Gasteiger partial charge is 0.125 e. The Morgan fingerprint density at radius 1 is 1.24 bits per heavy atom. The fourth-order valence-corrected chi connectivity index (χ4v) is 2.89. The van der Waals surface area contributed by atoms with E-state index in [1.807, 2.05) is 23.6 Å². The van der Waals surface area contributed by atoms with Crippen molar-refractivity contribution in [1.29, 1.82) is 0 Å². The molecule has 0 radical (unpaired) electrons. The number of benzene rings is 2. The predicted molar refractivity (Wildman–Crippen MR) is 85.2 cm³/mol. The highest BCUT2D eigenvalue weighted by molar-refractivity contribution is 6.35. The molecule has 0 fully saturated rings. The zero-order valence-electron chi connectivity index (χ0n) is 11.4. The standard InChI is InChI=1S/C16H13Cl2FN2/c1-10-5-6-11(19)9-14(10)21-15(7-8-17)20-13-4-2-3-12(18)16(13)21/h2-6,9H,7-8H2,1H3. The molecule has 2 nitrogen and oxygen atoms in total. The molecule has 0 amide bonds. The Morgan fingerprint density at radius 3 is 2.81 bits per heavy atom. The molecule has 3 rings (SSSR count). The molecule has 0 aliphatic heterocycles. The third-order valence-corrected chi connectivity index (χ3v) is 3.92. The number of halogens is 3. The van der Waals surface area contributed by atoms with Gasteiger partial charge < -0.3 is 0 Å². The summed E-state index contributed by atoms with van der Waals surface area (Å²) >= 11 is 12.2. The van der Waals surface area contributed by atoms with Gasteiger partial charge in [-0.1, -0.05) is 23.7 Å². The van der Waals surface area contributed by atoms with Gasteiger partial charge in [-0.2, -0.15) is 0 Å². The summed E-state index contributed by atoms with van der Waals surface area (Å²) in [5, 5.41) is 0.587. The molecule has 3 aromatic rings. The van der Waals surface area contributed by atoms with Crippen molar-refractivity contribution in [3.63, 3.8) is 0 Å². The molecule has 0 saturated heterocycles. The number of rotatable bonds is 3. The molecular weight excluding hydrogens is 310 g/mol. The van der Waals surface area contributed by atoms with Crippen molar-refractivity contribution in [1.82, 2.24) is 9.55 Å². The van der Waals surface area contributed by atoms with E-state index < -0.39 is 0 Å². The molecule has 0 atom stereocenters. The number of aryl methyl sites for hydroxylation is 2. The summed E-state index contributed by atoms with van der Waals surface area (Å²) in [6.45, 7) is 1.93. The van der Waals surface area contributed by atoms with Gasteiger partial charge in [-0.3, -0.25) is 4.57 Å². The van der Waals surface area contributed by atoms with E-state index in [9.17, 15) is 4.39 Å². The van der Waals surface area contributed by atoms with Crippen molar-refractivity contribution in [2.24, 2.45) is 0 Å². The van der Waals surface area contributed by atoms with Gasteiger partial charge in [0.2, 0.25) is 0 Å². The molecule has 2 aromatic carbocycles. The van der Waals surface area contributed by atoms with Crippen molar-refractivity contribution < 1.29 is 4.39 Å². The molecule has 0 spiro atoms. The number of fused-ring (bicyclic) bond motifs is 1. The molecule has 1 aromatic heterocycles. The van der Waals surface area contributed by atoms with Crippen LogP contribution in [0.15, 0.2) is 36.4 Å². The Bertz CT molecular complexity index is 811. The van der Waals surface area contributed by atoms with Crippen LogP contribution in [0.2, 0.25) is 5.02 Å². The summed E-state index contributed by atoms with van der Waals surface area (Å²) in [5.41, 5.74) is 3.26. The summed E-state index contributed by atoms with van der Waals surface area (Å²) in [5.74, 6) is 0.929. The number of hydrogen-bond acceptors (Lipinski definition) is 1. The van der Waals surface area contributed by atoms with Crippen LogP contribution in [0.1, 0.15) is 11.4 Å². The highest BCUT2D eigenvalue weighted by Crippen LogP contribution is 2.29. The van der Waals surface area contributed by atoms with Gasteiger partial charge in [-0.25, -0.2) is 9.37 Å². The van der Waals surface area contributed by atoms with Crippen LogP contribution in [0, 0.1) is 12.7 Å². The lowest BCUT2D eigenvalue weighted by Crippen LogP contribution is -2.04. The SMILES string of the molecule is Cc1ccc(F)cc1-n1c(CCCl)nc2cccc(Cl)c21. The second-order valence-electron chi connectivity index (χ2n) is 4.84. The maximum Gasteiger partial charge on any atom is 0.125 e. The highest BCUT2D eigenvalue weighted by Gasteiger charge is 2.16. The first kappa shape index (κ1) is 14.4. The largest absolute Gasteiger partial charge is 0.294 e. The minimum atomic E-state index is -0.290. The number of para-hydroxylation sites is 1. The molecule has 0 aliphatic rings. The topological polar surface area (TPSA) is 17.8 Å². The van der Waals surface area contributed by atoms with Crippen molar-refractivity contribution in [3.8, 4) is 5.69 Å². The quantitative estimate of drug-likeness (QED) is 0.626. The zero-order valence-corrected chi connectivity index (χ0v) is 12.9. The third-order valence-electron chi connectivity index (χ3n) is 3.43. The van der Waals surface area contributed by atoms with Crippen LogP contribution in [-0.2, 0) is 6.42 Å². The van der Waals surface area contributed by atoms with Crippen LogP contribution in [0.5, 0.6) is 0 Å². The molecule has 0 unspecified atom stereocenters. The number of hydrogen-bond donors (Lipinski definition) is 0. The second kappa shape index (κ2) is 5.66. The van der Waals surface area contributed by atoms with E-state index in [4.69, 9.17) is 23.2 Å². The highest BCUT2D eigenvalue weighted by atomic mass is 35.5. The lowest BCUT2D eigenvalue weighted by atomic mass is 10.2. The van der Waals surface area contributed by atoms with Gasteiger partial charge in [-0.15, -0.1) is 11.6 Å². The van der Waals surface area contributed by atoms with E-state index in [1.165, 1.54) is 12.1 Å². The summed E-state index contributed by atoms with van der Waals surface area (Å²) in [6.07, 6.45) is 0.586. The maximum absolute atomic E-state index is 13.7. The summed E-state index contributed by atoms with van der Waals surface area (Å²) in [6, 6.07) is 10.2. The van der Waals surface area contributed by atoms with E-state index >= 15 is 0 Å². The van der Waals surface area contributed by atoms with Crippen LogP contribution < -0.4 is 0 Å². The van der Waals surface area contributed by atoms with Crippen LogP contribution in [0.4, 0.5) is 4.39 Å². The first-order valence-corrected chi connectivity index (χ1v) is 7.51. The number of nitrogens with zero attached hydrogens (tertiary/aromatic N) is 2. The van der Waals surface area contributed by atoms with Gasteiger partial charge in [-0.05, 0) is 36.8 Å². The van der Waals surface area contributed by atoms with Gasteiger partial charge in [0.15, 0.2) is 0 Å². The van der Waals surface area contributed by atoms with E-state index in [-0.39, 0.29) is 5.82 Å². The van der Waals surface area contributed by atoms with Gasteiger partial charge in [0.05, 0.1) is 21.7 Å². The number of aromatic nitrogens is 2. The maximum atomic E-state index is 13.7. The Hall–Kier alpha value is -1.58. The van der Waals surface area contributed by atoms with Gasteiger partial charge in [0, 0.05) is 12.3 Å². The van der Waals surface area contributed by atoms with Crippen molar-refractivity contribution >= 4 is 34.2 Å². The van der Waals surface area contributed by atoms with E-state index in [0.29, 0.717) is 17.3 Å². The third kappa shape index (κ3) is 2.52. The van der Waals surface area contributed by atoms with Gasteiger partial charge in [0.25, 0.3) is 0 Å². The van der Waals surface area contributed by atoms with Gasteiger partial charge in [0.1, 0.15) is 11.6 Å². The molecule has 108 valence electrons. The fourth-order valence-electron chi connectivity index (χ4n) is 2.47. The summed E-state index contributed by atoms with van der Waals surface area (Å²) < 4.78 is 15.6. The van der Waals surface area contributed by atoms with Crippen LogP contribution in [0.25, 0.3) is 16.7 Å². The lowest BCUT2D eigenvalue weighted by molar-refractivity contribution is 0.626.